The molecule has 7 heteroatoms. The summed E-state index contributed by atoms with van der Waals surface area (Å²) in [6, 6.07) is 2.91. The lowest BCUT2D eigenvalue weighted by Crippen LogP contribution is -2.32. The van der Waals surface area contributed by atoms with E-state index in [9.17, 15) is 20.0 Å². The second kappa shape index (κ2) is 4.58. The molecule has 0 heterocycles. The van der Waals surface area contributed by atoms with E-state index < -0.39 is 16.9 Å². The number of hydrogen-bond donors (Lipinski definition) is 3. The van der Waals surface area contributed by atoms with Crippen LogP contribution in [0.15, 0.2) is 18.2 Å². The minimum absolute atomic E-state index is 0.241. The zero-order valence-electron chi connectivity index (χ0n) is 8.51. The smallest absolute Gasteiger partial charge is 0.296 e. The van der Waals surface area contributed by atoms with Gasteiger partial charge in [0.2, 0.25) is 5.91 Å². The molecule has 1 unspecified atom stereocenters. The van der Waals surface area contributed by atoms with E-state index in [1.807, 2.05) is 0 Å². The molecule has 1 amide bonds. The first-order valence-electron chi connectivity index (χ1n) is 4.46. The predicted octanol–water partition coefficient (Wildman–Crippen LogP) is 0.586. The van der Waals surface area contributed by atoms with Crippen molar-refractivity contribution < 1.29 is 14.8 Å². The topological polar surface area (TPSA) is 118 Å². The molecular weight excluding hydrogens is 214 g/mol. The lowest BCUT2D eigenvalue weighted by Gasteiger charge is -2.09. The maximum absolute atomic E-state index is 11.3. The summed E-state index contributed by atoms with van der Waals surface area (Å²) in [4.78, 5) is 21.2. The minimum atomic E-state index is -0.820. The van der Waals surface area contributed by atoms with Gasteiger partial charge in [-0.05, 0) is 13.0 Å². The second-order valence-corrected chi connectivity index (χ2v) is 3.21. The van der Waals surface area contributed by atoms with Gasteiger partial charge in [-0.2, -0.15) is 0 Å². The molecule has 1 rings (SSSR count). The summed E-state index contributed by atoms with van der Waals surface area (Å²) < 4.78 is 0. The number of hydrogen-bond acceptors (Lipinski definition) is 5. The Morgan fingerprint density at radius 1 is 1.62 bits per heavy atom. The van der Waals surface area contributed by atoms with Crippen LogP contribution in [0.4, 0.5) is 11.4 Å². The number of aromatic hydroxyl groups is 1. The van der Waals surface area contributed by atoms with Crippen LogP contribution in [-0.2, 0) is 4.79 Å². The molecule has 0 spiro atoms. The fraction of sp³-hybridized carbons (Fsp3) is 0.222. The highest BCUT2D eigenvalue weighted by Gasteiger charge is 2.20. The molecule has 0 aliphatic heterocycles. The van der Waals surface area contributed by atoms with Crippen molar-refractivity contribution in [3.63, 3.8) is 0 Å². The summed E-state index contributed by atoms with van der Waals surface area (Å²) in [6.45, 7) is 1.43. The molecule has 0 fully saturated rings. The van der Waals surface area contributed by atoms with E-state index in [4.69, 9.17) is 5.73 Å². The molecule has 86 valence electrons. The standard InChI is InChI=1S/C9H11N3O4/c1-5(10)9(14)11-8-6(12(15)16)3-2-4-7(8)13/h2-5,13H,10H2,1H3,(H,11,14). The number of carbonyl (C=O) groups excluding carboxylic acids is 1. The monoisotopic (exact) mass is 225 g/mol. The number of nitro benzene ring substituents is 1. The van der Waals surface area contributed by atoms with Gasteiger partial charge in [-0.25, -0.2) is 0 Å². The van der Waals surface area contributed by atoms with Gasteiger partial charge >= 0.3 is 0 Å². The third-order valence-corrected chi connectivity index (χ3v) is 1.88. The van der Waals surface area contributed by atoms with Crippen molar-refractivity contribution >= 4 is 17.3 Å². The highest BCUT2D eigenvalue weighted by Crippen LogP contribution is 2.32. The number of amides is 1. The predicted molar refractivity (Wildman–Crippen MR) is 57.0 cm³/mol. The Balaban J connectivity index is 3.11. The average Bonchev–Trinajstić information content (AvgIpc) is 2.20. The molecule has 4 N–H and O–H groups in total. The quantitative estimate of drug-likeness (QED) is 0.395. The molecule has 0 bridgehead atoms. The van der Waals surface area contributed by atoms with Gasteiger partial charge in [0.1, 0.15) is 5.75 Å². The zero-order valence-corrected chi connectivity index (χ0v) is 8.51. The van der Waals surface area contributed by atoms with Crippen LogP contribution in [0.3, 0.4) is 0 Å². The van der Waals surface area contributed by atoms with Crippen LogP contribution in [0.2, 0.25) is 0 Å². The van der Waals surface area contributed by atoms with Crippen molar-refractivity contribution in [2.24, 2.45) is 5.73 Å². The average molecular weight is 225 g/mol. The summed E-state index contributed by atoms with van der Waals surface area (Å²) in [5, 5.41) is 22.3. The lowest BCUT2D eigenvalue weighted by molar-refractivity contribution is -0.384. The number of rotatable bonds is 3. The molecule has 0 aliphatic rings. The van der Waals surface area contributed by atoms with Crippen LogP contribution >= 0.6 is 0 Å². The summed E-state index contributed by atoms with van der Waals surface area (Å²) in [6.07, 6.45) is 0. The molecule has 0 saturated heterocycles. The summed E-state index contributed by atoms with van der Waals surface area (Å²) in [5.74, 6) is -0.979. The SMILES string of the molecule is CC(N)C(=O)Nc1c(O)cccc1[N+](=O)[O-]. The second-order valence-electron chi connectivity index (χ2n) is 3.21. The number of anilines is 1. The number of phenols is 1. The van der Waals surface area contributed by atoms with E-state index in [1.54, 1.807) is 0 Å². The molecule has 1 aromatic carbocycles. The summed E-state index contributed by atoms with van der Waals surface area (Å²) in [7, 11) is 0. The van der Waals surface area contributed by atoms with E-state index in [0.29, 0.717) is 0 Å². The van der Waals surface area contributed by atoms with Crippen LogP contribution < -0.4 is 11.1 Å². The summed E-state index contributed by atoms with van der Waals surface area (Å²) >= 11 is 0. The Labute approximate surface area is 91.0 Å². The Hall–Kier alpha value is -2.15. The molecular formula is C9H11N3O4. The highest BCUT2D eigenvalue weighted by molar-refractivity contribution is 5.97. The minimum Gasteiger partial charge on any atom is -0.505 e. The van der Waals surface area contributed by atoms with Gasteiger partial charge in [0, 0.05) is 6.07 Å². The normalized spacial score (nSPS) is 11.9. The van der Waals surface area contributed by atoms with E-state index >= 15 is 0 Å². The Morgan fingerprint density at radius 3 is 2.75 bits per heavy atom. The van der Waals surface area contributed by atoms with Crippen molar-refractivity contribution in [1.29, 1.82) is 0 Å². The Bertz CT molecular complexity index is 431. The fourth-order valence-corrected chi connectivity index (χ4v) is 1.05. The number of nitrogens with zero attached hydrogens (tertiary/aromatic N) is 1. The van der Waals surface area contributed by atoms with Gasteiger partial charge in [0.05, 0.1) is 11.0 Å². The first kappa shape index (κ1) is 11.9. The number of nitro groups is 1. The molecule has 0 aliphatic carbocycles. The van der Waals surface area contributed by atoms with E-state index in [0.717, 1.165) is 0 Å². The van der Waals surface area contributed by atoms with Crippen LogP contribution in [0.25, 0.3) is 0 Å². The molecule has 0 radical (unpaired) electrons. The lowest BCUT2D eigenvalue weighted by atomic mass is 10.2. The van der Waals surface area contributed by atoms with Crippen LogP contribution in [0.5, 0.6) is 5.75 Å². The molecule has 1 aromatic rings. The number of carbonyl (C=O) groups is 1. The molecule has 1 atom stereocenters. The van der Waals surface area contributed by atoms with Crippen molar-refractivity contribution in [3.8, 4) is 5.75 Å². The van der Waals surface area contributed by atoms with Crippen LogP contribution in [-0.4, -0.2) is 22.0 Å². The molecule has 16 heavy (non-hydrogen) atoms. The Morgan fingerprint density at radius 2 is 2.25 bits per heavy atom. The number of benzene rings is 1. The third kappa shape index (κ3) is 2.45. The number of para-hydroxylation sites is 1. The van der Waals surface area contributed by atoms with Gasteiger partial charge in [0.15, 0.2) is 5.69 Å². The Kier molecular flexibility index (Phi) is 3.41. The first-order valence-corrected chi connectivity index (χ1v) is 4.46. The van der Waals surface area contributed by atoms with Gasteiger partial charge < -0.3 is 16.2 Å². The van der Waals surface area contributed by atoms with E-state index in [2.05, 4.69) is 5.32 Å². The maximum Gasteiger partial charge on any atom is 0.296 e. The summed E-state index contributed by atoms with van der Waals surface area (Å²) in [5.41, 5.74) is 4.68. The number of nitrogens with two attached hydrogens (primary N) is 1. The van der Waals surface area contributed by atoms with Gasteiger partial charge in [0.25, 0.3) is 5.69 Å². The van der Waals surface area contributed by atoms with Crippen LogP contribution in [0, 0.1) is 10.1 Å². The maximum atomic E-state index is 11.3. The van der Waals surface area contributed by atoms with Crippen LogP contribution in [0.1, 0.15) is 6.92 Å². The van der Waals surface area contributed by atoms with E-state index in [-0.39, 0.29) is 17.1 Å². The van der Waals surface area contributed by atoms with Gasteiger partial charge in [-0.3, -0.25) is 14.9 Å². The van der Waals surface area contributed by atoms with Gasteiger partial charge in [-0.1, -0.05) is 6.07 Å². The molecule has 7 nitrogen and oxygen atoms in total. The number of nitrogens with one attached hydrogen (secondary N) is 1. The number of phenolic OH excluding ortho intramolecular Hbond substituents is 1. The molecule has 0 aromatic heterocycles. The largest absolute Gasteiger partial charge is 0.505 e. The van der Waals surface area contributed by atoms with Gasteiger partial charge in [-0.15, -0.1) is 0 Å². The van der Waals surface area contributed by atoms with Crippen molar-refractivity contribution in [3.05, 3.63) is 28.3 Å². The van der Waals surface area contributed by atoms with E-state index in [1.165, 1.54) is 25.1 Å². The fourth-order valence-electron chi connectivity index (χ4n) is 1.05. The first-order chi connectivity index (χ1) is 7.43. The van der Waals surface area contributed by atoms with Crippen molar-refractivity contribution in [2.75, 3.05) is 5.32 Å². The third-order valence-electron chi connectivity index (χ3n) is 1.88. The zero-order chi connectivity index (χ0) is 12.3. The highest BCUT2D eigenvalue weighted by atomic mass is 16.6. The molecule has 0 saturated carbocycles. The van der Waals surface area contributed by atoms with Crippen molar-refractivity contribution in [2.45, 2.75) is 13.0 Å². The van der Waals surface area contributed by atoms with Crippen molar-refractivity contribution in [1.82, 2.24) is 0 Å².